The Morgan fingerprint density at radius 3 is 2.73 bits per heavy atom. The highest BCUT2D eigenvalue weighted by molar-refractivity contribution is 5.96. The van der Waals surface area contributed by atoms with Crippen molar-refractivity contribution >= 4 is 12.1 Å². The number of allylic oxidation sites excluding steroid dienone is 2. The lowest BCUT2D eigenvalue weighted by Gasteiger charge is -2.23. The molecule has 11 heavy (non-hydrogen) atoms. The van der Waals surface area contributed by atoms with Crippen molar-refractivity contribution in [3.8, 4) is 0 Å². The predicted octanol–water partition coefficient (Wildman–Crippen LogP) is 1.50. The highest BCUT2D eigenvalue weighted by Gasteiger charge is 2.27. The van der Waals surface area contributed by atoms with Crippen molar-refractivity contribution in [2.45, 2.75) is 26.7 Å². The van der Waals surface area contributed by atoms with Crippen LogP contribution in [0.25, 0.3) is 0 Å². The van der Waals surface area contributed by atoms with Crippen molar-refractivity contribution in [3.63, 3.8) is 0 Å². The second kappa shape index (κ2) is 2.61. The Labute approximate surface area is 66.3 Å². The number of carbonyl (C=O) groups excluding carboxylic acids is 2. The van der Waals surface area contributed by atoms with Gasteiger partial charge in [-0.05, 0) is 25.8 Å². The maximum atomic E-state index is 11.0. The van der Waals surface area contributed by atoms with Crippen molar-refractivity contribution in [2.24, 2.45) is 5.41 Å². The Bertz CT molecular complexity index is 228. The maximum absolute atomic E-state index is 11.0. The number of aldehydes is 1. The summed E-state index contributed by atoms with van der Waals surface area (Å²) in [7, 11) is 0. The van der Waals surface area contributed by atoms with Crippen molar-refractivity contribution < 1.29 is 9.59 Å². The third-order valence-corrected chi connectivity index (χ3v) is 2.15. The van der Waals surface area contributed by atoms with Crippen molar-refractivity contribution in [1.29, 1.82) is 0 Å². The van der Waals surface area contributed by atoms with Gasteiger partial charge in [0.25, 0.3) is 0 Å². The van der Waals surface area contributed by atoms with Crippen LogP contribution in [0.3, 0.4) is 0 Å². The molecule has 0 amide bonds. The normalized spacial score (nSPS) is 31.5. The van der Waals surface area contributed by atoms with E-state index in [1.807, 2.05) is 6.92 Å². The van der Waals surface area contributed by atoms with Gasteiger partial charge in [-0.25, -0.2) is 0 Å². The molecule has 0 aliphatic heterocycles. The van der Waals surface area contributed by atoms with Crippen LogP contribution in [0.4, 0.5) is 0 Å². The Morgan fingerprint density at radius 1 is 1.64 bits per heavy atom. The molecule has 2 heteroatoms. The van der Waals surface area contributed by atoms with Gasteiger partial charge in [0, 0.05) is 11.8 Å². The average molecular weight is 152 g/mol. The van der Waals surface area contributed by atoms with Crippen LogP contribution in [0, 0.1) is 5.41 Å². The molecule has 0 aromatic rings. The topological polar surface area (TPSA) is 34.1 Å². The molecule has 0 bridgehead atoms. The van der Waals surface area contributed by atoms with E-state index in [1.165, 1.54) is 0 Å². The molecule has 0 aromatic heterocycles. The van der Waals surface area contributed by atoms with Gasteiger partial charge >= 0.3 is 0 Å². The van der Waals surface area contributed by atoms with Crippen LogP contribution < -0.4 is 0 Å². The minimum atomic E-state index is -0.391. The van der Waals surface area contributed by atoms with E-state index in [9.17, 15) is 9.59 Å². The lowest BCUT2D eigenvalue weighted by molar-refractivity contribution is -0.118. The molecule has 0 saturated heterocycles. The van der Waals surface area contributed by atoms with Gasteiger partial charge in [-0.3, -0.25) is 4.79 Å². The van der Waals surface area contributed by atoms with Crippen LogP contribution in [0.1, 0.15) is 26.7 Å². The summed E-state index contributed by atoms with van der Waals surface area (Å²) in [5.74, 6) is 0.171. The Kier molecular flexibility index (Phi) is 1.94. The summed E-state index contributed by atoms with van der Waals surface area (Å²) in [5.41, 5.74) is 0.337. The number of carbonyl (C=O) groups is 2. The van der Waals surface area contributed by atoms with Gasteiger partial charge in [0.05, 0.1) is 0 Å². The molecular formula is C9H12O2. The molecule has 1 unspecified atom stereocenters. The highest BCUT2D eigenvalue weighted by atomic mass is 16.1. The molecule has 1 rings (SSSR count). The number of hydrogen-bond donors (Lipinski definition) is 0. The lowest BCUT2D eigenvalue weighted by Crippen LogP contribution is -2.23. The minimum Gasteiger partial charge on any atom is -0.302 e. The summed E-state index contributed by atoms with van der Waals surface area (Å²) in [5, 5.41) is 0. The molecule has 0 heterocycles. The Morgan fingerprint density at radius 2 is 2.27 bits per heavy atom. The molecule has 0 N–H and O–H groups in total. The minimum absolute atomic E-state index is 0.171. The first-order valence-corrected chi connectivity index (χ1v) is 3.76. The number of hydrogen-bond acceptors (Lipinski definition) is 2. The molecule has 2 nitrogen and oxygen atoms in total. The fourth-order valence-corrected chi connectivity index (χ4v) is 1.32. The first-order chi connectivity index (χ1) is 5.07. The Hall–Kier alpha value is -0.920. The summed E-state index contributed by atoms with van der Waals surface area (Å²) in [6.45, 7) is 3.62. The van der Waals surface area contributed by atoms with Crippen molar-refractivity contribution in [1.82, 2.24) is 0 Å². The molecular weight excluding hydrogens is 140 g/mol. The zero-order valence-electron chi connectivity index (χ0n) is 6.89. The maximum Gasteiger partial charge on any atom is 0.158 e. The summed E-state index contributed by atoms with van der Waals surface area (Å²) < 4.78 is 0. The standard InChI is InChI=1S/C9H12O2/c1-7-5-9(2,6-10)4-3-8(7)11/h5-6H,3-4H2,1-2H3. The summed E-state index contributed by atoms with van der Waals surface area (Å²) in [6, 6.07) is 0. The molecule has 0 saturated carbocycles. The quantitative estimate of drug-likeness (QED) is 0.533. The first-order valence-electron chi connectivity index (χ1n) is 3.76. The van der Waals surface area contributed by atoms with Crippen LogP contribution in [-0.4, -0.2) is 12.1 Å². The van der Waals surface area contributed by atoms with Crippen LogP contribution in [0.2, 0.25) is 0 Å². The van der Waals surface area contributed by atoms with Crippen LogP contribution in [-0.2, 0) is 9.59 Å². The molecule has 0 aromatic carbocycles. The van der Waals surface area contributed by atoms with Crippen LogP contribution >= 0.6 is 0 Å². The van der Waals surface area contributed by atoms with E-state index >= 15 is 0 Å². The summed E-state index contributed by atoms with van der Waals surface area (Å²) >= 11 is 0. The highest BCUT2D eigenvalue weighted by Crippen LogP contribution is 2.29. The van der Waals surface area contributed by atoms with E-state index in [4.69, 9.17) is 0 Å². The van der Waals surface area contributed by atoms with Gasteiger partial charge in [0.15, 0.2) is 5.78 Å². The third kappa shape index (κ3) is 1.56. The van der Waals surface area contributed by atoms with E-state index in [-0.39, 0.29) is 5.78 Å². The number of Topliss-reactive ketones (excluding diaryl/α,β-unsaturated/α-hetero) is 1. The zero-order chi connectivity index (χ0) is 8.48. The van der Waals surface area contributed by atoms with Crippen molar-refractivity contribution in [3.05, 3.63) is 11.6 Å². The Balaban J connectivity index is 2.93. The average Bonchev–Trinajstić information content (AvgIpc) is 1.98. The zero-order valence-corrected chi connectivity index (χ0v) is 6.89. The van der Waals surface area contributed by atoms with Crippen LogP contribution in [0.5, 0.6) is 0 Å². The van der Waals surface area contributed by atoms with E-state index in [0.29, 0.717) is 12.8 Å². The van der Waals surface area contributed by atoms with Gasteiger partial charge in [-0.1, -0.05) is 6.08 Å². The molecule has 0 spiro atoms. The number of rotatable bonds is 1. The summed E-state index contributed by atoms with van der Waals surface area (Å²) in [4.78, 5) is 21.6. The van der Waals surface area contributed by atoms with Gasteiger partial charge < -0.3 is 4.79 Å². The number of ketones is 1. The smallest absolute Gasteiger partial charge is 0.158 e. The third-order valence-electron chi connectivity index (χ3n) is 2.15. The van der Waals surface area contributed by atoms with E-state index in [1.54, 1.807) is 13.0 Å². The van der Waals surface area contributed by atoms with E-state index in [0.717, 1.165) is 11.9 Å². The SMILES string of the molecule is CC1=CC(C)(C=O)CCC1=O. The summed E-state index contributed by atoms with van der Waals surface area (Å²) in [6.07, 6.45) is 3.86. The molecule has 1 aliphatic rings. The molecule has 0 radical (unpaired) electrons. The van der Waals surface area contributed by atoms with E-state index in [2.05, 4.69) is 0 Å². The largest absolute Gasteiger partial charge is 0.302 e. The monoisotopic (exact) mass is 152 g/mol. The van der Waals surface area contributed by atoms with Crippen molar-refractivity contribution in [2.75, 3.05) is 0 Å². The second-order valence-electron chi connectivity index (χ2n) is 3.37. The second-order valence-corrected chi connectivity index (χ2v) is 3.37. The van der Waals surface area contributed by atoms with E-state index < -0.39 is 5.41 Å². The fraction of sp³-hybridized carbons (Fsp3) is 0.556. The predicted molar refractivity (Wildman–Crippen MR) is 42.2 cm³/mol. The molecule has 1 atom stereocenters. The molecule has 60 valence electrons. The van der Waals surface area contributed by atoms with Gasteiger partial charge in [0.2, 0.25) is 0 Å². The van der Waals surface area contributed by atoms with Gasteiger partial charge in [0.1, 0.15) is 6.29 Å². The first kappa shape index (κ1) is 8.18. The van der Waals surface area contributed by atoms with Gasteiger partial charge in [-0.15, -0.1) is 0 Å². The fourth-order valence-electron chi connectivity index (χ4n) is 1.32. The van der Waals surface area contributed by atoms with Gasteiger partial charge in [-0.2, -0.15) is 0 Å². The molecule has 0 fully saturated rings. The molecule has 1 aliphatic carbocycles. The lowest BCUT2D eigenvalue weighted by atomic mass is 9.79. The van der Waals surface area contributed by atoms with Crippen LogP contribution in [0.15, 0.2) is 11.6 Å².